The van der Waals surface area contributed by atoms with E-state index < -0.39 is 0 Å². The molecule has 0 radical (unpaired) electrons. The Morgan fingerprint density at radius 2 is 1.91 bits per heavy atom. The van der Waals surface area contributed by atoms with Crippen LogP contribution in [0.5, 0.6) is 5.75 Å². The number of rotatable bonds is 4. The minimum absolute atomic E-state index is 0.0434. The monoisotopic (exact) mass is 310 g/mol. The number of hydrogen-bond donors (Lipinski definition) is 1. The number of nitrogens with one attached hydrogen (secondary N) is 1. The van der Waals surface area contributed by atoms with E-state index in [2.05, 4.69) is 12.2 Å². The largest absolute Gasteiger partial charge is 0.483 e. The number of hydrogen-bond acceptors (Lipinski definition) is 3. The number of carbonyl (C=O) groups excluding carboxylic acids is 1. The topological polar surface area (TPSA) is 41.6 Å². The lowest BCUT2D eigenvalue weighted by Gasteiger charge is -2.33. The maximum absolute atomic E-state index is 12.4. The van der Waals surface area contributed by atoms with Crippen LogP contribution in [0.1, 0.15) is 6.92 Å². The number of para-hydroxylation sites is 1. The van der Waals surface area contributed by atoms with Gasteiger partial charge in [-0.15, -0.1) is 0 Å². The second kappa shape index (κ2) is 7.29. The molecule has 1 aliphatic rings. The predicted molar refractivity (Wildman–Crippen MR) is 91.4 cm³/mol. The molecule has 1 atom stereocenters. The minimum Gasteiger partial charge on any atom is -0.483 e. The zero-order valence-corrected chi connectivity index (χ0v) is 13.4. The van der Waals surface area contributed by atoms with Crippen LogP contribution in [-0.2, 0) is 4.79 Å². The summed E-state index contributed by atoms with van der Waals surface area (Å²) in [5, 5.41) is 3.29. The average molecular weight is 310 g/mol. The van der Waals surface area contributed by atoms with Gasteiger partial charge in [-0.1, -0.05) is 48.5 Å². The Kier molecular flexibility index (Phi) is 4.93. The van der Waals surface area contributed by atoms with E-state index in [-0.39, 0.29) is 18.6 Å². The van der Waals surface area contributed by atoms with Gasteiger partial charge < -0.3 is 15.0 Å². The highest BCUT2D eigenvalue weighted by Gasteiger charge is 2.23. The fourth-order valence-corrected chi connectivity index (χ4v) is 2.88. The van der Waals surface area contributed by atoms with Crippen molar-refractivity contribution in [3.05, 3.63) is 54.6 Å². The van der Waals surface area contributed by atoms with Crippen molar-refractivity contribution >= 4 is 5.91 Å². The lowest BCUT2D eigenvalue weighted by Crippen LogP contribution is -2.53. The van der Waals surface area contributed by atoms with Gasteiger partial charge in [-0.2, -0.15) is 0 Å². The van der Waals surface area contributed by atoms with Gasteiger partial charge in [-0.25, -0.2) is 0 Å². The number of ether oxygens (including phenoxy) is 1. The molecule has 4 nitrogen and oxygen atoms in total. The molecule has 2 aromatic rings. The molecule has 4 heteroatoms. The molecule has 1 unspecified atom stereocenters. The molecule has 2 aromatic carbocycles. The number of piperazine rings is 1. The normalized spacial score (nSPS) is 17.8. The molecular formula is C19H22N2O2. The summed E-state index contributed by atoms with van der Waals surface area (Å²) in [5.74, 6) is 0.789. The van der Waals surface area contributed by atoms with E-state index >= 15 is 0 Å². The molecule has 1 heterocycles. The maximum Gasteiger partial charge on any atom is 0.260 e. The van der Waals surface area contributed by atoms with Crippen molar-refractivity contribution in [1.82, 2.24) is 10.2 Å². The molecule has 1 amide bonds. The van der Waals surface area contributed by atoms with Crippen LogP contribution in [0.25, 0.3) is 11.1 Å². The highest BCUT2D eigenvalue weighted by atomic mass is 16.5. The SMILES string of the molecule is CC1CNCCN1C(=O)COc1ccccc1-c1ccccc1. The van der Waals surface area contributed by atoms with E-state index in [0.29, 0.717) is 0 Å². The highest BCUT2D eigenvalue weighted by molar-refractivity contribution is 5.79. The molecule has 1 aliphatic heterocycles. The van der Waals surface area contributed by atoms with Gasteiger partial charge in [-0.3, -0.25) is 4.79 Å². The van der Waals surface area contributed by atoms with E-state index in [4.69, 9.17) is 4.74 Å². The van der Waals surface area contributed by atoms with E-state index in [9.17, 15) is 4.79 Å². The van der Waals surface area contributed by atoms with Crippen molar-refractivity contribution in [2.24, 2.45) is 0 Å². The van der Waals surface area contributed by atoms with Gasteiger partial charge >= 0.3 is 0 Å². The Labute approximate surface area is 137 Å². The van der Waals surface area contributed by atoms with Crippen LogP contribution in [0.4, 0.5) is 0 Å². The minimum atomic E-state index is 0.0434. The molecule has 1 fully saturated rings. The van der Waals surface area contributed by atoms with Crippen LogP contribution in [0.3, 0.4) is 0 Å². The van der Waals surface area contributed by atoms with Gasteiger partial charge in [0.2, 0.25) is 0 Å². The Morgan fingerprint density at radius 3 is 2.70 bits per heavy atom. The van der Waals surface area contributed by atoms with Crippen molar-refractivity contribution in [1.29, 1.82) is 0 Å². The first kappa shape index (κ1) is 15.6. The fraction of sp³-hybridized carbons (Fsp3) is 0.316. The van der Waals surface area contributed by atoms with Crippen LogP contribution in [0.2, 0.25) is 0 Å². The Balaban J connectivity index is 1.70. The first-order valence-electron chi connectivity index (χ1n) is 8.03. The van der Waals surface area contributed by atoms with Crippen LogP contribution >= 0.6 is 0 Å². The predicted octanol–water partition coefficient (Wildman–Crippen LogP) is 2.55. The third-order valence-electron chi connectivity index (χ3n) is 4.14. The molecule has 0 aromatic heterocycles. The zero-order valence-electron chi connectivity index (χ0n) is 13.4. The van der Waals surface area contributed by atoms with Gasteiger partial charge in [0.05, 0.1) is 0 Å². The lowest BCUT2D eigenvalue weighted by molar-refractivity contribution is -0.136. The average Bonchev–Trinajstić information content (AvgIpc) is 2.61. The second-order valence-corrected chi connectivity index (χ2v) is 5.79. The van der Waals surface area contributed by atoms with Crippen molar-refractivity contribution < 1.29 is 9.53 Å². The van der Waals surface area contributed by atoms with Gasteiger partial charge in [-0.05, 0) is 18.6 Å². The maximum atomic E-state index is 12.4. The first-order valence-corrected chi connectivity index (χ1v) is 8.03. The summed E-state index contributed by atoms with van der Waals surface area (Å²) in [7, 11) is 0. The van der Waals surface area contributed by atoms with Gasteiger partial charge in [0.15, 0.2) is 6.61 Å². The van der Waals surface area contributed by atoms with Crippen molar-refractivity contribution in [2.75, 3.05) is 26.2 Å². The third-order valence-corrected chi connectivity index (χ3v) is 4.14. The number of nitrogens with zero attached hydrogens (tertiary/aromatic N) is 1. The Bertz CT molecular complexity index is 657. The van der Waals surface area contributed by atoms with E-state index in [0.717, 1.165) is 36.5 Å². The third kappa shape index (κ3) is 3.71. The summed E-state index contributed by atoms with van der Waals surface area (Å²) < 4.78 is 5.84. The van der Waals surface area contributed by atoms with E-state index in [1.807, 2.05) is 59.5 Å². The number of amides is 1. The van der Waals surface area contributed by atoms with Crippen LogP contribution in [0.15, 0.2) is 54.6 Å². The summed E-state index contributed by atoms with van der Waals surface area (Å²) >= 11 is 0. The number of carbonyl (C=O) groups is 1. The molecular weight excluding hydrogens is 288 g/mol. The first-order chi connectivity index (χ1) is 11.3. The molecule has 0 aliphatic carbocycles. The number of benzene rings is 2. The second-order valence-electron chi connectivity index (χ2n) is 5.79. The van der Waals surface area contributed by atoms with E-state index in [1.54, 1.807) is 0 Å². The van der Waals surface area contributed by atoms with Crippen LogP contribution in [0, 0.1) is 0 Å². The molecule has 0 bridgehead atoms. The fourth-order valence-electron chi connectivity index (χ4n) is 2.88. The Hall–Kier alpha value is -2.33. The molecule has 23 heavy (non-hydrogen) atoms. The van der Waals surface area contributed by atoms with Crippen molar-refractivity contribution in [3.63, 3.8) is 0 Å². The van der Waals surface area contributed by atoms with Crippen molar-refractivity contribution in [3.8, 4) is 16.9 Å². The quantitative estimate of drug-likeness (QED) is 0.943. The molecule has 0 saturated carbocycles. The molecule has 1 saturated heterocycles. The van der Waals surface area contributed by atoms with Gasteiger partial charge in [0.25, 0.3) is 5.91 Å². The molecule has 0 spiro atoms. The smallest absolute Gasteiger partial charge is 0.260 e. The van der Waals surface area contributed by atoms with Gasteiger partial charge in [0, 0.05) is 31.2 Å². The van der Waals surface area contributed by atoms with Crippen LogP contribution < -0.4 is 10.1 Å². The summed E-state index contributed by atoms with van der Waals surface area (Å²) in [4.78, 5) is 14.3. The van der Waals surface area contributed by atoms with Gasteiger partial charge in [0.1, 0.15) is 5.75 Å². The standard InChI is InChI=1S/C19H22N2O2/c1-15-13-20-11-12-21(15)19(22)14-23-18-10-6-5-9-17(18)16-7-3-2-4-8-16/h2-10,15,20H,11-14H2,1H3. The van der Waals surface area contributed by atoms with E-state index in [1.165, 1.54) is 0 Å². The molecule has 3 rings (SSSR count). The summed E-state index contributed by atoms with van der Waals surface area (Å²) in [6.45, 7) is 4.56. The highest BCUT2D eigenvalue weighted by Crippen LogP contribution is 2.29. The summed E-state index contributed by atoms with van der Waals surface area (Å²) in [5.41, 5.74) is 2.10. The van der Waals surface area contributed by atoms with Crippen molar-refractivity contribution in [2.45, 2.75) is 13.0 Å². The molecule has 1 N–H and O–H groups in total. The molecule has 120 valence electrons. The Morgan fingerprint density at radius 1 is 1.17 bits per heavy atom. The summed E-state index contributed by atoms with van der Waals surface area (Å²) in [6, 6.07) is 18.1. The van der Waals surface area contributed by atoms with Crippen LogP contribution in [-0.4, -0.2) is 43.1 Å². The lowest BCUT2D eigenvalue weighted by atomic mass is 10.1. The summed E-state index contributed by atoms with van der Waals surface area (Å²) in [6.07, 6.45) is 0. The zero-order chi connectivity index (χ0) is 16.1.